The minimum atomic E-state index is -2.60. The second kappa shape index (κ2) is 3.11. The molecule has 1 rings (SSSR count). The molecule has 2 atom stereocenters. The molecule has 84 valence electrons. The van der Waals surface area contributed by atoms with Crippen LogP contribution < -0.4 is 0 Å². The van der Waals surface area contributed by atoms with Gasteiger partial charge in [0.2, 0.25) is 0 Å². The Labute approximate surface area is 84.9 Å². The predicted molar refractivity (Wildman–Crippen MR) is 55.2 cm³/mol. The van der Waals surface area contributed by atoms with Crippen molar-refractivity contribution < 1.29 is 24.9 Å². The molecule has 1 aliphatic rings. The molecule has 0 bridgehead atoms. The fraction of sp³-hybridized carbons (Fsp3) is 1.00. The quantitative estimate of drug-likeness (QED) is 0.318. The van der Waals surface area contributed by atoms with Crippen LogP contribution in [0.3, 0.4) is 0 Å². The fourth-order valence-electron chi connectivity index (χ4n) is 1.52. The van der Waals surface area contributed by atoms with Crippen molar-refractivity contribution in [2.75, 3.05) is 0 Å². The average molecular weight is 238 g/mol. The van der Waals surface area contributed by atoms with Gasteiger partial charge in [-0.1, -0.05) is 13.1 Å². The van der Waals surface area contributed by atoms with Crippen molar-refractivity contribution in [1.29, 1.82) is 0 Å². The summed E-state index contributed by atoms with van der Waals surface area (Å²) >= 11 is 0. The average Bonchev–Trinajstić information content (AvgIpc) is 1.97. The minimum absolute atomic E-state index is 1.06. The Morgan fingerprint density at radius 3 is 1.93 bits per heavy atom. The largest absolute Gasteiger partial charge is 0.394 e. The molecule has 0 aliphatic carbocycles. The van der Waals surface area contributed by atoms with E-state index in [-0.39, 0.29) is 0 Å². The van der Waals surface area contributed by atoms with Gasteiger partial charge in [0.15, 0.2) is 13.9 Å². The highest BCUT2D eigenvalue weighted by molar-refractivity contribution is 7.39. The van der Waals surface area contributed by atoms with E-state index in [0.29, 0.717) is 0 Å². The summed E-state index contributed by atoms with van der Waals surface area (Å²) in [5, 5.41) is 38.0. The number of aliphatic hydroxyl groups excluding tert-OH is 2. The third-order valence-electron chi connectivity index (χ3n) is 3.38. The van der Waals surface area contributed by atoms with Gasteiger partial charge in [0, 0.05) is 0 Å². The van der Waals surface area contributed by atoms with Gasteiger partial charge in [0.25, 0.3) is 5.97 Å². The van der Waals surface area contributed by atoms with E-state index >= 15 is 0 Å². The zero-order chi connectivity index (χ0) is 11.4. The van der Waals surface area contributed by atoms with Crippen LogP contribution in [0, 0.1) is 0 Å². The molecular weight excluding hydrogens is 220 g/mol. The lowest BCUT2D eigenvalue weighted by molar-refractivity contribution is -0.353. The summed E-state index contributed by atoms with van der Waals surface area (Å²) in [7, 11) is -4.50. The molecule has 4 N–H and O–H groups in total. The third kappa shape index (κ3) is 1.58. The lowest BCUT2D eigenvalue weighted by Crippen LogP contribution is -2.78. The number of hydrogen-bond donors (Lipinski definition) is 4. The van der Waals surface area contributed by atoms with Gasteiger partial charge in [-0.2, -0.15) is 0 Å². The van der Waals surface area contributed by atoms with E-state index in [9.17, 15) is 20.4 Å². The van der Waals surface area contributed by atoms with Crippen LogP contribution in [0.15, 0.2) is 0 Å². The van der Waals surface area contributed by atoms with E-state index in [1.807, 2.05) is 26.2 Å². The molecule has 1 aliphatic heterocycles. The highest BCUT2D eigenvalue weighted by Crippen LogP contribution is 2.36. The van der Waals surface area contributed by atoms with E-state index in [1.165, 1.54) is 0 Å². The standard InChI is InChI=1S/C7H18O5Si2/c1-13(2)6(9)5(8)7(10,11)12-14(13,3)4/h5-6,8-11H,1-4H3. The highest BCUT2D eigenvalue weighted by atomic mass is 29.3. The Kier molecular flexibility index (Phi) is 2.73. The number of rotatable bonds is 0. The first-order valence-electron chi connectivity index (χ1n) is 4.53. The van der Waals surface area contributed by atoms with Crippen molar-refractivity contribution in [3.8, 4) is 0 Å². The Balaban J connectivity index is 3.09. The first-order valence-corrected chi connectivity index (χ1v) is 11.5. The van der Waals surface area contributed by atoms with Crippen LogP contribution in [0.1, 0.15) is 0 Å². The molecule has 5 nitrogen and oxygen atoms in total. The smallest absolute Gasteiger partial charge is 0.298 e. The second-order valence-corrected chi connectivity index (χ2v) is 19.6. The summed E-state index contributed by atoms with van der Waals surface area (Å²) in [4.78, 5) is 0. The lowest BCUT2D eigenvalue weighted by Gasteiger charge is -2.52. The predicted octanol–water partition coefficient (Wildman–Crippen LogP) is -1.09. The summed E-state index contributed by atoms with van der Waals surface area (Å²) in [5.41, 5.74) is -1.06. The van der Waals surface area contributed by atoms with Crippen molar-refractivity contribution in [2.45, 2.75) is 44.0 Å². The van der Waals surface area contributed by atoms with Crippen molar-refractivity contribution >= 4 is 15.4 Å². The summed E-state index contributed by atoms with van der Waals surface area (Å²) in [6.45, 7) is 7.44. The molecule has 1 saturated heterocycles. The maximum atomic E-state index is 9.82. The molecule has 2 unspecified atom stereocenters. The zero-order valence-electron chi connectivity index (χ0n) is 8.85. The van der Waals surface area contributed by atoms with Gasteiger partial charge in [-0.3, -0.25) is 0 Å². The third-order valence-corrected chi connectivity index (χ3v) is 19.6. The molecule has 14 heavy (non-hydrogen) atoms. The van der Waals surface area contributed by atoms with E-state index < -0.39 is 33.2 Å². The van der Waals surface area contributed by atoms with E-state index in [1.54, 1.807) is 0 Å². The zero-order valence-corrected chi connectivity index (χ0v) is 10.9. The van der Waals surface area contributed by atoms with Crippen LogP contribution in [-0.4, -0.2) is 53.7 Å². The lowest BCUT2D eigenvalue weighted by atomic mass is 10.3. The molecule has 0 amide bonds. The molecule has 0 aromatic rings. The van der Waals surface area contributed by atoms with Crippen molar-refractivity contribution in [3.05, 3.63) is 0 Å². The van der Waals surface area contributed by atoms with Crippen LogP contribution in [0.2, 0.25) is 26.2 Å². The molecule has 0 aromatic heterocycles. The molecular formula is C7H18O5Si2. The van der Waals surface area contributed by atoms with Gasteiger partial charge in [0.1, 0.15) is 7.59 Å². The van der Waals surface area contributed by atoms with E-state index in [0.717, 1.165) is 0 Å². The van der Waals surface area contributed by atoms with E-state index in [2.05, 4.69) is 0 Å². The number of hydrogen-bond acceptors (Lipinski definition) is 5. The highest BCUT2D eigenvalue weighted by Gasteiger charge is 2.62. The summed E-state index contributed by atoms with van der Waals surface area (Å²) in [5.74, 6) is -2.60. The van der Waals surface area contributed by atoms with Crippen LogP contribution in [0.4, 0.5) is 0 Å². The molecule has 1 heterocycles. The SMILES string of the molecule is C[Si]1(C)OC(O)(O)C(O)C(O)[Si]1(C)C. The minimum Gasteiger partial charge on any atom is -0.394 e. The first kappa shape index (κ1) is 12.3. The van der Waals surface area contributed by atoms with E-state index in [4.69, 9.17) is 4.43 Å². The summed E-state index contributed by atoms with van der Waals surface area (Å²) in [6.07, 6.45) is -1.63. The molecule has 7 heteroatoms. The Hall–Kier alpha value is 0.234. The molecule has 0 saturated carbocycles. The van der Waals surface area contributed by atoms with Crippen molar-refractivity contribution in [1.82, 2.24) is 0 Å². The molecule has 0 radical (unpaired) electrons. The monoisotopic (exact) mass is 238 g/mol. The van der Waals surface area contributed by atoms with Gasteiger partial charge in [-0.05, 0) is 13.1 Å². The summed E-state index contributed by atoms with van der Waals surface area (Å²) < 4.78 is 5.16. The van der Waals surface area contributed by atoms with Gasteiger partial charge in [-0.15, -0.1) is 0 Å². The van der Waals surface area contributed by atoms with Crippen LogP contribution in [-0.2, 0) is 4.43 Å². The maximum absolute atomic E-state index is 9.82. The molecule has 0 spiro atoms. The normalized spacial score (nSPS) is 39.4. The van der Waals surface area contributed by atoms with Crippen molar-refractivity contribution in [2.24, 2.45) is 0 Å². The van der Waals surface area contributed by atoms with Gasteiger partial charge in [0.05, 0.1) is 5.73 Å². The Bertz CT molecular complexity index is 240. The van der Waals surface area contributed by atoms with Crippen LogP contribution in [0.5, 0.6) is 0 Å². The van der Waals surface area contributed by atoms with Crippen LogP contribution in [0.25, 0.3) is 0 Å². The molecule has 1 fully saturated rings. The molecule has 0 aromatic carbocycles. The van der Waals surface area contributed by atoms with Gasteiger partial charge >= 0.3 is 0 Å². The first-order chi connectivity index (χ1) is 6.02. The number of aliphatic hydroxyl groups is 4. The Morgan fingerprint density at radius 2 is 1.50 bits per heavy atom. The van der Waals surface area contributed by atoms with Gasteiger partial charge in [-0.25, -0.2) is 0 Å². The van der Waals surface area contributed by atoms with Crippen LogP contribution >= 0.6 is 0 Å². The fourth-order valence-corrected chi connectivity index (χ4v) is 8.23. The topological polar surface area (TPSA) is 90.2 Å². The Morgan fingerprint density at radius 1 is 1.07 bits per heavy atom. The second-order valence-electron chi connectivity index (χ2n) is 4.88. The van der Waals surface area contributed by atoms with Crippen molar-refractivity contribution in [3.63, 3.8) is 0 Å². The maximum Gasteiger partial charge on any atom is 0.298 e. The summed E-state index contributed by atoms with van der Waals surface area (Å²) in [6, 6.07) is 0. The van der Waals surface area contributed by atoms with Gasteiger partial charge < -0.3 is 24.9 Å².